The second-order valence-corrected chi connectivity index (χ2v) is 4.72. The Hall–Kier alpha value is -2.23. The second-order valence-electron chi connectivity index (χ2n) is 4.72. The van der Waals surface area contributed by atoms with Gasteiger partial charge >= 0.3 is 5.97 Å². The summed E-state index contributed by atoms with van der Waals surface area (Å²) in [4.78, 5) is 11.3. The van der Waals surface area contributed by atoms with E-state index in [2.05, 4.69) is 10.8 Å². The molecule has 0 radical (unpaired) electrons. The Morgan fingerprint density at radius 3 is 2.60 bits per heavy atom. The minimum absolute atomic E-state index is 0.179. The molecule has 0 fully saturated rings. The molecule has 1 aromatic carbocycles. The molecule has 0 aliphatic carbocycles. The third-order valence-electron chi connectivity index (χ3n) is 3.05. The third kappa shape index (κ3) is 3.02. The fraction of sp³-hybridized carbons (Fsp3) is 0.312. The first-order valence-electron chi connectivity index (χ1n) is 6.43. The predicted molar refractivity (Wildman–Crippen MR) is 75.0 cm³/mol. The molecule has 0 saturated heterocycles. The number of carbonyl (C=O) groups excluding carboxylic acids is 1. The van der Waals surface area contributed by atoms with E-state index in [1.807, 2.05) is 32.9 Å². The SMILES string of the molecule is COC(=O)c1ccc(C(C)Oc2ccc(C)cc2C)o1. The summed E-state index contributed by atoms with van der Waals surface area (Å²) in [5, 5.41) is 0. The number of benzene rings is 1. The van der Waals surface area contributed by atoms with Crippen LogP contribution < -0.4 is 4.74 Å². The summed E-state index contributed by atoms with van der Waals surface area (Å²) in [6.07, 6.45) is -0.283. The van der Waals surface area contributed by atoms with E-state index < -0.39 is 5.97 Å². The largest absolute Gasteiger partial charge is 0.483 e. The van der Waals surface area contributed by atoms with E-state index >= 15 is 0 Å². The summed E-state index contributed by atoms with van der Waals surface area (Å²) in [7, 11) is 1.32. The Morgan fingerprint density at radius 1 is 1.20 bits per heavy atom. The number of ether oxygens (including phenoxy) is 2. The van der Waals surface area contributed by atoms with Gasteiger partial charge in [-0.1, -0.05) is 17.7 Å². The fourth-order valence-electron chi connectivity index (χ4n) is 1.96. The third-order valence-corrected chi connectivity index (χ3v) is 3.05. The lowest BCUT2D eigenvalue weighted by Gasteiger charge is -2.14. The summed E-state index contributed by atoms with van der Waals surface area (Å²) in [6.45, 7) is 5.91. The summed E-state index contributed by atoms with van der Waals surface area (Å²) in [5.41, 5.74) is 2.25. The fourth-order valence-corrected chi connectivity index (χ4v) is 1.96. The van der Waals surface area contributed by atoms with Crippen molar-refractivity contribution in [1.82, 2.24) is 0 Å². The second kappa shape index (κ2) is 5.82. The van der Waals surface area contributed by atoms with Crippen LogP contribution in [-0.4, -0.2) is 13.1 Å². The van der Waals surface area contributed by atoms with Gasteiger partial charge in [-0.25, -0.2) is 4.79 Å². The summed E-state index contributed by atoms with van der Waals surface area (Å²) in [6, 6.07) is 9.30. The molecular weight excluding hydrogens is 256 g/mol. The van der Waals surface area contributed by atoms with Crippen LogP contribution in [0.3, 0.4) is 0 Å². The molecule has 1 unspecified atom stereocenters. The van der Waals surface area contributed by atoms with Crippen LogP contribution in [0.2, 0.25) is 0 Å². The predicted octanol–water partition coefficient (Wildman–Crippen LogP) is 3.82. The van der Waals surface area contributed by atoms with Crippen molar-refractivity contribution in [3.8, 4) is 5.75 Å². The molecule has 0 aliphatic rings. The van der Waals surface area contributed by atoms with Crippen LogP contribution in [0.5, 0.6) is 5.75 Å². The smallest absolute Gasteiger partial charge is 0.373 e. The van der Waals surface area contributed by atoms with Gasteiger partial charge in [-0.05, 0) is 44.5 Å². The first-order chi connectivity index (χ1) is 9.51. The van der Waals surface area contributed by atoms with Crippen molar-refractivity contribution in [2.24, 2.45) is 0 Å². The van der Waals surface area contributed by atoms with Crippen LogP contribution in [0.4, 0.5) is 0 Å². The van der Waals surface area contributed by atoms with Gasteiger partial charge in [0.05, 0.1) is 7.11 Å². The number of esters is 1. The van der Waals surface area contributed by atoms with Crippen molar-refractivity contribution in [3.63, 3.8) is 0 Å². The molecule has 0 bridgehead atoms. The molecule has 0 aliphatic heterocycles. The number of hydrogen-bond donors (Lipinski definition) is 0. The van der Waals surface area contributed by atoms with Crippen molar-refractivity contribution < 1.29 is 18.7 Å². The number of hydrogen-bond acceptors (Lipinski definition) is 4. The zero-order valence-corrected chi connectivity index (χ0v) is 12.1. The standard InChI is InChI=1S/C16H18O4/c1-10-5-6-13(11(2)9-10)19-12(3)14-7-8-15(20-14)16(17)18-4/h5-9,12H,1-4H3. The first-order valence-corrected chi connectivity index (χ1v) is 6.43. The van der Waals surface area contributed by atoms with Crippen LogP contribution in [0.1, 0.15) is 40.5 Å². The van der Waals surface area contributed by atoms with E-state index in [-0.39, 0.29) is 11.9 Å². The van der Waals surface area contributed by atoms with E-state index in [1.165, 1.54) is 12.7 Å². The molecule has 0 N–H and O–H groups in total. The molecular formula is C16H18O4. The molecule has 4 nitrogen and oxygen atoms in total. The molecule has 106 valence electrons. The van der Waals surface area contributed by atoms with Gasteiger partial charge in [0.1, 0.15) is 11.5 Å². The van der Waals surface area contributed by atoms with Gasteiger partial charge < -0.3 is 13.9 Å². The lowest BCUT2D eigenvalue weighted by Crippen LogP contribution is -2.03. The average molecular weight is 274 g/mol. The van der Waals surface area contributed by atoms with Crippen molar-refractivity contribution >= 4 is 5.97 Å². The molecule has 1 heterocycles. The number of aryl methyl sites for hydroxylation is 2. The summed E-state index contributed by atoms with van der Waals surface area (Å²) < 4.78 is 15.9. The van der Waals surface area contributed by atoms with E-state index in [0.29, 0.717) is 5.76 Å². The van der Waals surface area contributed by atoms with Gasteiger partial charge in [0, 0.05) is 0 Å². The Bertz CT molecular complexity index is 613. The maximum absolute atomic E-state index is 11.3. The van der Waals surface area contributed by atoms with Crippen LogP contribution in [0.15, 0.2) is 34.7 Å². The van der Waals surface area contributed by atoms with Gasteiger partial charge in [-0.3, -0.25) is 0 Å². The minimum atomic E-state index is -0.491. The molecule has 2 rings (SSSR count). The topological polar surface area (TPSA) is 48.7 Å². The number of rotatable bonds is 4. The van der Waals surface area contributed by atoms with Crippen molar-refractivity contribution in [2.75, 3.05) is 7.11 Å². The van der Waals surface area contributed by atoms with Gasteiger partial charge in [-0.15, -0.1) is 0 Å². The molecule has 4 heteroatoms. The van der Waals surface area contributed by atoms with E-state index in [9.17, 15) is 4.79 Å². The highest BCUT2D eigenvalue weighted by molar-refractivity contribution is 5.86. The van der Waals surface area contributed by atoms with Crippen molar-refractivity contribution in [3.05, 3.63) is 53.0 Å². The van der Waals surface area contributed by atoms with E-state index in [0.717, 1.165) is 11.3 Å². The lowest BCUT2D eigenvalue weighted by molar-refractivity contribution is 0.0558. The average Bonchev–Trinajstić information content (AvgIpc) is 2.90. The number of furan rings is 1. The van der Waals surface area contributed by atoms with Crippen LogP contribution in [0.25, 0.3) is 0 Å². The van der Waals surface area contributed by atoms with Gasteiger partial charge in [0.2, 0.25) is 5.76 Å². The van der Waals surface area contributed by atoms with Crippen molar-refractivity contribution in [2.45, 2.75) is 26.9 Å². The molecule has 20 heavy (non-hydrogen) atoms. The molecule has 2 aromatic rings. The Balaban J connectivity index is 2.13. The highest BCUT2D eigenvalue weighted by Crippen LogP contribution is 2.26. The van der Waals surface area contributed by atoms with Crippen LogP contribution in [0, 0.1) is 13.8 Å². The van der Waals surface area contributed by atoms with E-state index in [4.69, 9.17) is 9.15 Å². The summed E-state index contributed by atoms with van der Waals surface area (Å²) in [5.74, 6) is 1.08. The maximum Gasteiger partial charge on any atom is 0.373 e. The highest BCUT2D eigenvalue weighted by atomic mass is 16.5. The van der Waals surface area contributed by atoms with Crippen LogP contribution in [-0.2, 0) is 4.74 Å². The van der Waals surface area contributed by atoms with Gasteiger partial charge in [0.15, 0.2) is 6.10 Å². The Kier molecular flexibility index (Phi) is 4.13. The zero-order valence-electron chi connectivity index (χ0n) is 12.1. The normalized spacial score (nSPS) is 12.0. The lowest BCUT2D eigenvalue weighted by atomic mass is 10.1. The summed E-state index contributed by atoms with van der Waals surface area (Å²) >= 11 is 0. The van der Waals surface area contributed by atoms with Crippen LogP contribution >= 0.6 is 0 Å². The quantitative estimate of drug-likeness (QED) is 0.795. The van der Waals surface area contributed by atoms with Crippen molar-refractivity contribution in [1.29, 1.82) is 0 Å². The molecule has 1 atom stereocenters. The van der Waals surface area contributed by atoms with Gasteiger partial charge in [-0.2, -0.15) is 0 Å². The molecule has 0 saturated carbocycles. The minimum Gasteiger partial charge on any atom is -0.483 e. The first kappa shape index (κ1) is 14.2. The molecule has 0 spiro atoms. The monoisotopic (exact) mass is 274 g/mol. The Labute approximate surface area is 118 Å². The maximum atomic E-state index is 11.3. The molecule has 1 aromatic heterocycles. The Morgan fingerprint density at radius 2 is 1.95 bits per heavy atom. The van der Waals surface area contributed by atoms with E-state index in [1.54, 1.807) is 12.1 Å². The zero-order chi connectivity index (χ0) is 14.7. The van der Waals surface area contributed by atoms with Gasteiger partial charge in [0.25, 0.3) is 0 Å². The number of carbonyl (C=O) groups is 1. The highest BCUT2D eigenvalue weighted by Gasteiger charge is 2.17. The number of methoxy groups -OCH3 is 1. The molecule has 0 amide bonds.